The standard InChI is InChI=1S/C15H15ClO2S/c1-2-19(17,18)14-10-8-13(9-11-14)15(16)12-6-4-3-5-7-12/h3-11,15H,2H2,1H3. The van der Waals surface area contributed by atoms with Crippen LogP contribution < -0.4 is 0 Å². The van der Waals surface area contributed by atoms with E-state index in [1.807, 2.05) is 30.3 Å². The maximum absolute atomic E-state index is 11.7. The summed E-state index contributed by atoms with van der Waals surface area (Å²) in [4.78, 5) is 0.343. The third kappa shape index (κ3) is 3.17. The number of halogens is 1. The minimum absolute atomic E-state index is 0.106. The Hall–Kier alpha value is -1.32. The Morgan fingerprint density at radius 1 is 0.947 bits per heavy atom. The molecule has 1 unspecified atom stereocenters. The summed E-state index contributed by atoms with van der Waals surface area (Å²) >= 11 is 6.38. The number of hydrogen-bond acceptors (Lipinski definition) is 2. The number of benzene rings is 2. The van der Waals surface area contributed by atoms with Crippen molar-refractivity contribution in [1.82, 2.24) is 0 Å². The van der Waals surface area contributed by atoms with Crippen molar-refractivity contribution >= 4 is 21.4 Å². The Labute approximate surface area is 119 Å². The molecule has 0 radical (unpaired) electrons. The van der Waals surface area contributed by atoms with Gasteiger partial charge in [0.25, 0.3) is 0 Å². The van der Waals surface area contributed by atoms with E-state index in [9.17, 15) is 8.42 Å². The summed E-state index contributed by atoms with van der Waals surface area (Å²) in [6, 6.07) is 16.5. The number of rotatable bonds is 4. The molecule has 1 atom stereocenters. The Morgan fingerprint density at radius 3 is 2.00 bits per heavy atom. The first-order valence-electron chi connectivity index (χ1n) is 6.06. The largest absolute Gasteiger partial charge is 0.224 e. The Morgan fingerprint density at radius 2 is 1.47 bits per heavy atom. The molecule has 0 spiro atoms. The van der Waals surface area contributed by atoms with Gasteiger partial charge in [-0.05, 0) is 23.3 Å². The number of hydrogen-bond donors (Lipinski definition) is 0. The first-order valence-corrected chi connectivity index (χ1v) is 8.15. The maximum atomic E-state index is 11.7. The highest BCUT2D eigenvalue weighted by Crippen LogP contribution is 2.29. The second kappa shape index (κ2) is 5.76. The highest BCUT2D eigenvalue weighted by molar-refractivity contribution is 7.91. The quantitative estimate of drug-likeness (QED) is 0.804. The predicted molar refractivity (Wildman–Crippen MR) is 78.3 cm³/mol. The van der Waals surface area contributed by atoms with Crippen molar-refractivity contribution in [3.63, 3.8) is 0 Å². The molecule has 4 heteroatoms. The van der Waals surface area contributed by atoms with Crippen LogP contribution in [0.4, 0.5) is 0 Å². The number of sulfone groups is 1. The van der Waals surface area contributed by atoms with E-state index in [1.165, 1.54) is 0 Å². The van der Waals surface area contributed by atoms with Gasteiger partial charge in [0.05, 0.1) is 16.0 Å². The summed E-state index contributed by atoms with van der Waals surface area (Å²) < 4.78 is 23.4. The highest BCUT2D eigenvalue weighted by atomic mass is 35.5. The highest BCUT2D eigenvalue weighted by Gasteiger charge is 2.14. The summed E-state index contributed by atoms with van der Waals surface area (Å²) in [6.45, 7) is 1.64. The van der Waals surface area contributed by atoms with E-state index in [0.717, 1.165) is 11.1 Å². The molecule has 0 aliphatic heterocycles. The minimum Gasteiger partial charge on any atom is -0.224 e. The van der Waals surface area contributed by atoms with Gasteiger partial charge in [-0.1, -0.05) is 49.4 Å². The van der Waals surface area contributed by atoms with Crippen molar-refractivity contribution in [2.75, 3.05) is 5.75 Å². The second-order valence-electron chi connectivity index (χ2n) is 4.25. The zero-order valence-corrected chi connectivity index (χ0v) is 12.2. The van der Waals surface area contributed by atoms with Crippen molar-refractivity contribution in [3.8, 4) is 0 Å². The van der Waals surface area contributed by atoms with Crippen molar-refractivity contribution in [2.45, 2.75) is 17.2 Å². The Bertz CT molecular complexity index is 634. The lowest BCUT2D eigenvalue weighted by atomic mass is 10.0. The lowest BCUT2D eigenvalue weighted by Gasteiger charge is -2.11. The van der Waals surface area contributed by atoms with E-state index in [4.69, 9.17) is 11.6 Å². The van der Waals surface area contributed by atoms with Crippen LogP contribution in [-0.4, -0.2) is 14.2 Å². The molecule has 19 heavy (non-hydrogen) atoms. The van der Waals surface area contributed by atoms with Gasteiger partial charge in [-0.2, -0.15) is 0 Å². The van der Waals surface area contributed by atoms with E-state index >= 15 is 0 Å². The smallest absolute Gasteiger partial charge is 0.178 e. The molecule has 0 heterocycles. The molecule has 0 N–H and O–H groups in total. The van der Waals surface area contributed by atoms with E-state index in [0.29, 0.717) is 4.90 Å². The fourth-order valence-corrected chi connectivity index (χ4v) is 3.00. The molecule has 2 aromatic carbocycles. The van der Waals surface area contributed by atoms with Gasteiger partial charge in [0.2, 0.25) is 0 Å². The first-order chi connectivity index (χ1) is 9.04. The molecule has 0 amide bonds. The summed E-state index contributed by atoms with van der Waals surface area (Å²) in [7, 11) is -3.15. The van der Waals surface area contributed by atoms with Crippen LogP contribution in [0.25, 0.3) is 0 Å². The lowest BCUT2D eigenvalue weighted by molar-refractivity contribution is 0.597. The van der Waals surface area contributed by atoms with Gasteiger partial charge in [0, 0.05) is 0 Å². The number of alkyl halides is 1. The molecule has 2 nitrogen and oxygen atoms in total. The summed E-state index contributed by atoms with van der Waals surface area (Å²) in [6.07, 6.45) is 0. The van der Waals surface area contributed by atoms with Crippen molar-refractivity contribution < 1.29 is 8.42 Å². The van der Waals surface area contributed by atoms with Crippen molar-refractivity contribution in [3.05, 3.63) is 65.7 Å². The Kier molecular flexibility index (Phi) is 4.27. The SMILES string of the molecule is CCS(=O)(=O)c1ccc(C(Cl)c2ccccc2)cc1. The minimum atomic E-state index is -3.15. The van der Waals surface area contributed by atoms with Gasteiger partial charge in [-0.15, -0.1) is 11.6 Å². The zero-order chi connectivity index (χ0) is 13.9. The monoisotopic (exact) mass is 294 g/mol. The van der Waals surface area contributed by atoms with E-state index in [2.05, 4.69) is 0 Å². The normalized spacial score (nSPS) is 13.2. The third-order valence-electron chi connectivity index (χ3n) is 3.00. The average molecular weight is 295 g/mol. The molecular formula is C15H15ClO2S. The molecular weight excluding hydrogens is 280 g/mol. The molecule has 0 bridgehead atoms. The summed E-state index contributed by atoms with van der Waals surface area (Å²) in [5.74, 6) is 0.106. The van der Waals surface area contributed by atoms with Crippen LogP contribution in [0, 0.1) is 0 Å². The van der Waals surface area contributed by atoms with Crippen LogP contribution >= 0.6 is 11.6 Å². The maximum Gasteiger partial charge on any atom is 0.178 e. The van der Waals surface area contributed by atoms with Crippen LogP contribution in [0.1, 0.15) is 23.4 Å². The molecule has 0 fully saturated rings. The molecule has 0 saturated heterocycles. The van der Waals surface area contributed by atoms with Gasteiger partial charge in [-0.25, -0.2) is 8.42 Å². The Balaban J connectivity index is 2.29. The molecule has 0 aromatic heterocycles. The van der Waals surface area contributed by atoms with Crippen LogP contribution in [0.15, 0.2) is 59.5 Å². The van der Waals surface area contributed by atoms with Gasteiger partial charge in [0.15, 0.2) is 9.84 Å². The fourth-order valence-electron chi connectivity index (χ4n) is 1.83. The molecule has 2 rings (SSSR count). The summed E-state index contributed by atoms with van der Waals surface area (Å²) in [5, 5.41) is -0.264. The van der Waals surface area contributed by atoms with Crippen molar-refractivity contribution in [2.24, 2.45) is 0 Å². The first kappa shape index (κ1) is 14.1. The molecule has 0 aliphatic carbocycles. The fraction of sp³-hybridized carbons (Fsp3) is 0.200. The molecule has 0 saturated carbocycles. The van der Waals surface area contributed by atoms with Crippen LogP contribution in [0.2, 0.25) is 0 Å². The van der Waals surface area contributed by atoms with E-state index < -0.39 is 9.84 Å². The lowest BCUT2D eigenvalue weighted by Crippen LogP contribution is -2.03. The van der Waals surface area contributed by atoms with Crippen LogP contribution in [0.3, 0.4) is 0 Å². The van der Waals surface area contributed by atoms with Gasteiger partial charge in [-0.3, -0.25) is 0 Å². The second-order valence-corrected chi connectivity index (χ2v) is 6.96. The van der Waals surface area contributed by atoms with Crippen molar-refractivity contribution in [1.29, 1.82) is 0 Å². The van der Waals surface area contributed by atoms with Gasteiger partial charge >= 0.3 is 0 Å². The molecule has 100 valence electrons. The topological polar surface area (TPSA) is 34.1 Å². The predicted octanol–water partition coefficient (Wildman–Crippen LogP) is 3.81. The average Bonchev–Trinajstić information content (AvgIpc) is 2.47. The van der Waals surface area contributed by atoms with E-state index in [-0.39, 0.29) is 11.1 Å². The van der Waals surface area contributed by atoms with Crippen LogP contribution in [0.5, 0.6) is 0 Å². The zero-order valence-electron chi connectivity index (χ0n) is 10.6. The summed E-state index contributed by atoms with van der Waals surface area (Å²) in [5.41, 5.74) is 1.89. The van der Waals surface area contributed by atoms with Crippen LogP contribution in [-0.2, 0) is 9.84 Å². The van der Waals surface area contributed by atoms with E-state index in [1.54, 1.807) is 31.2 Å². The molecule has 2 aromatic rings. The van der Waals surface area contributed by atoms with Gasteiger partial charge in [0.1, 0.15) is 0 Å². The molecule has 0 aliphatic rings. The third-order valence-corrected chi connectivity index (χ3v) is 5.26. The van der Waals surface area contributed by atoms with Gasteiger partial charge < -0.3 is 0 Å².